The van der Waals surface area contributed by atoms with Crippen molar-refractivity contribution in [3.63, 3.8) is 0 Å². The number of halogens is 1. The normalized spacial score (nSPS) is 23.9. The Morgan fingerprint density at radius 1 is 1.14 bits per heavy atom. The maximum atomic E-state index is 12.4. The van der Waals surface area contributed by atoms with E-state index in [-0.39, 0.29) is 29.4 Å². The number of carbonyl (C=O) groups excluding carboxylic acids is 1. The molecule has 0 saturated carbocycles. The molecule has 0 unspecified atom stereocenters. The van der Waals surface area contributed by atoms with Crippen LogP contribution in [0.2, 0.25) is 5.02 Å². The molecule has 0 spiro atoms. The maximum Gasteiger partial charge on any atom is 0.285 e. The molecule has 2 atom stereocenters. The molecule has 2 aromatic rings. The van der Waals surface area contributed by atoms with Gasteiger partial charge >= 0.3 is 0 Å². The first-order valence-corrected chi connectivity index (χ1v) is 12.1. The lowest BCUT2D eigenvalue weighted by molar-refractivity contribution is -0.119. The summed E-state index contributed by atoms with van der Waals surface area (Å²) in [4.78, 5) is 18.5. The Morgan fingerprint density at radius 2 is 1.86 bits per heavy atom. The molecule has 0 aliphatic carbocycles. The molecule has 0 bridgehead atoms. The molecule has 2 fully saturated rings. The van der Waals surface area contributed by atoms with Gasteiger partial charge in [-0.2, -0.15) is 4.99 Å². The fourth-order valence-corrected chi connectivity index (χ4v) is 7.50. The SMILES string of the molecule is O=C(COc1ccccc1)N=C1S[C@@H]2CS(=O)(=O)C[C@H]2N1Cc1ccc(Cl)cc1. The molecule has 4 rings (SSSR count). The van der Waals surface area contributed by atoms with Crippen molar-refractivity contribution in [2.24, 2.45) is 4.99 Å². The third kappa shape index (κ3) is 4.94. The average molecular weight is 451 g/mol. The number of para-hydroxylation sites is 1. The zero-order valence-corrected chi connectivity index (χ0v) is 17.8. The number of amides is 1. The smallest absolute Gasteiger partial charge is 0.285 e. The molecule has 0 radical (unpaired) electrons. The Balaban J connectivity index is 1.51. The highest BCUT2D eigenvalue weighted by atomic mass is 35.5. The summed E-state index contributed by atoms with van der Waals surface area (Å²) in [7, 11) is -3.08. The number of thioether (sulfide) groups is 1. The van der Waals surface area contributed by atoms with E-state index in [0.717, 1.165) is 5.56 Å². The number of carbonyl (C=O) groups is 1. The monoisotopic (exact) mass is 450 g/mol. The number of hydrogen-bond donors (Lipinski definition) is 0. The number of rotatable bonds is 5. The highest BCUT2D eigenvalue weighted by Crippen LogP contribution is 2.39. The molecule has 2 saturated heterocycles. The average Bonchev–Trinajstić information content (AvgIpc) is 3.15. The predicted molar refractivity (Wildman–Crippen MR) is 115 cm³/mol. The third-order valence-corrected chi connectivity index (χ3v) is 8.27. The largest absolute Gasteiger partial charge is 0.484 e. The zero-order valence-electron chi connectivity index (χ0n) is 15.4. The van der Waals surface area contributed by atoms with E-state index in [2.05, 4.69) is 4.99 Å². The van der Waals surface area contributed by atoms with Gasteiger partial charge in [0.25, 0.3) is 5.91 Å². The van der Waals surface area contributed by atoms with Crippen LogP contribution in [0.5, 0.6) is 5.75 Å². The lowest BCUT2D eigenvalue weighted by Crippen LogP contribution is -2.37. The summed E-state index contributed by atoms with van der Waals surface area (Å²) in [6.45, 7) is 0.295. The highest BCUT2D eigenvalue weighted by Gasteiger charge is 2.48. The summed E-state index contributed by atoms with van der Waals surface area (Å²) in [5, 5.41) is 1.06. The molecule has 2 aliphatic rings. The van der Waals surface area contributed by atoms with Crippen LogP contribution in [-0.2, 0) is 21.2 Å². The summed E-state index contributed by atoms with van der Waals surface area (Å²) >= 11 is 7.32. The van der Waals surface area contributed by atoms with E-state index in [1.807, 2.05) is 35.2 Å². The Morgan fingerprint density at radius 3 is 2.59 bits per heavy atom. The molecular formula is C20H19ClN2O4S2. The quantitative estimate of drug-likeness (QED) is 0.697. The van der Waals surface area contributed by atoms with E-state index in [1.165, 1.54) is 11.8 Å². The van der Waals surface area contributed by atoms with Crippen LogP contribution in [0.15, 0.2) is 59.6 Å². The van der Waals surface area contributed by atoms with Gasteiger partial charge in [-0.05, 0) is 29.8 Å². The Bertz CT molecular complexity index is 1030. The first kappa shape index (κ1) is 20.3. The van der Waals surface area contributed by atoms with Gasteiger partial charge in [0.2, 0.25) is 0 Å². The first-order chi connectivity index (χ1) is 13.9. The van der Waals surface area contributed by atoms with Crippen LogP contribution in [0.1, 0.15) is 5.56 Å². The van der Waals surface area contributed by atoms with Gasteiger partial charge in [-0.1, -0.05) is 53.7 Å². The van der Waals surface area contributed by atoms with Crippen molar-refractivity contribution in [1.29, 1.82) is 0 Å². The van der Waals surface area contributed by atoms with Gasteiger partial charge < -0.3 is 9.64 Å². The van der Waals surface area contributed by atoms with Gasteiger partial charge in [0.1, 0.15) is 5.75 Å². The van der Waals surface area contributed by atoms with Gasteiger partial charge in [-0.15, -0.1) is 0 Å². The van der Waals surface area contributed by atoms with Crippen molar-refractivity contribution in [3.05, 3.63) is 65.2 Å². The molecule has 2 aromatic carbocycles. The van der Waals surface area contributed by atoms with E-state index >= 15 is 0 Å². The van der Waals surface area contributed by atoms with Gasteiger partial charge in [-0.3, -0.25) is 4.79 Å². The molecule has 6 nitrogen and oxygen atoms in total. The lowest BCUT2D eigenvalue weighted by atomic mass is 10.1. The van der Waals surface area contributed by atoms with Gasteiger partial charge in [0.15, 0.2) is 21.6 Å². The van der Waals surface area contributed by atoms with E-state index in [1.54, 1.807) is 24.3 Å². The van der Waals surface area contributed by atoms with Crippen LogP contribution >= 0.6 is 23.4 Å². The number of nitrogens with zero attached hydrogens (tertiary/aromatic N) is 2. The Hall–Kier alpha value is -2.03. The summed E-state index contributed by atoms with van der Waals surface area (Å²) in [6.07, 6.45) is 0. The number of ether oxygens (including phenoxy) is 1. The fraction of sp³-hybridized carbons (Fsp3) is 0.300. The highest BCUT2D eigenvalue weighted by molar-refractivity contribution is 8.15. The van der Waals surface area contributed by atoms with E-state index in [9.17, 15) is 13.2 Å². The van der Waals surface area contributed by atoms with Crippen molar-refractivity contribution in [2.45, 2.75) is 17.8 Å². The minimum Gasteiger partial charge on any atom is -0.484 e. The second kappa shape index (κ2) is 8.38. The molecule has 152 valence electrons. The van der Waals surface area contributed by atoms with Gasteiger partial charge in [0, 0.05) is 16.8 Å². The molecule has 2 aliphatic heterocycles. The van der Waals surface area contributed by atoms with Crippen molar-refractivity contribution >= 4 is 44.3 Å². The predicted octanol–water partition coefficient (Wildman–Crippen LogP) is 3.02. The third-order valence-electron chi connectivity index (χ3n) is 4.77. The summed E-state index contributed by atoms with van der Waals surface area (Å²) in [5.74, 6) is 0.375. The van der Waals surface area contributed by atoms with Crippen LogP contribution in [0, 0.1) is 0 Å². The Labute approximate surface area is 178 Å². The first-order valence-electron chi connectivity index (χ1n) is 9.07. The second-order valence-corrected chi connectivity index (χ2v) is 10.7. The number of aliphatic imine (C=N–C) groups is 1. The standard InChI is InChI=1S/C20H19ClN2O4S2/c21-15-8-6-14(7-9-15)10-23-17-12-29(25,26)13-18(17)28-20(23)22-19(24)11-27-16-4-2-1-3-5-16/h1-9,17-18H,10-13H2/t17-,18-/m1/s1. The van der Waals surface area contributed by atoms with Crippen molar-refractivity contribution < 1.29 is 17.9 Å². The van der Waals surface area contributed by atoms with Crippen molar-refractivity contribution in [3.8, 4) is 5.75 Å². The van der Waals surface area contributed by atoms with E-state index in [4.69, 9.17) is 16.3 Å². The van der Waals surface area contributed by atoms with Crippen LogP contribution in [-0.4, -0.2) is 53.8 Å². The molecule has 9 heteroatoms. The number of amidine groups is 1. The molecule has 0 aromatic heterocycles. The van der Waals surface area contributed by atoms with Gasteiger partial charge in [0.05, 0.1) is 17.5 Å². The number of sulfone groups is 1. The lowest BCUT2D eigenvalue weighted by Gasteiger charge is -2.24. The van der Waals surface area contributed by atoms with Crippen LogP contribution in [0.25, 0.3) is 0 Å². The van der Waals surface area contributed by atoms with Gasteiger partial charge in [-0.25, -0.2) is 8.42 Å². The minimum atomic E-state index is -3.08. The second-order valence-electron chi connectivity index (χ2n) is 6.94. The maximum absolute atomic E-state index is 12.4. The van der Waals surface area contributed by atoms with Crippen LogP contribution in [0.4, 0.5) is 0 Å². The van der Waals surface area contributed by atoms with Crippen LogP contribution in [0.3, 0.4) is 0 Å². The molecule has 1 amide bonds. The Kier molecular flexibility index (Phi) is 5.85. The minimum absolute atomic E-state index is 0.0754. The zero-order chi connectivity index (χ0) is 20.4. The molecule has 29 heavy (non-hydrogen) atoms. The summed E-state index contributed by atoms with van der Waals surface area (Å²) in [5.41, 5.74) is 0.973. The van der Waals surface area contributed by atoms with Crippen molar-refractivity contribution in [1.82, 2.24) is 4.90 Å². The fourth-order valence-electron chi connectivity index (χ4n) is 3.41. The summed E-state index contributed by atoms with van der Waals surface area (Å²) < 4.78 is 29.7. The summed E-state index contributed by atoms with van der Waals surface area (Å²) in [6, 6.07) is 16.2. The van der Waals surface area contributed by atoms with Crippen LogP contribution < -0.4 is 4.74 Å². The molecule has 0 N–H and O–H groups in total. The topological polar surface area (TPSA) is 76.0 Å². The molecular weight excluding hydrogens is 432 g/mol. The number of benzene rings is 2. The number of hydrogen-bond acceptors (Lipinski definition) is 5. The van der Waals surface area contributed by atoms with E-state index < -0.39 is 15.7 Å². The van der Waals surface area contributed by atoms with E-state index in [0.29, 0.717) is 22.5 Å². The van der Waals surface area contributed by atoms with Crippen molar-refractivity contribution in [2.75, 3.05) is 18.1 Å². The molecule has 2 heterocycles. The number of fused-ring (bicyclic) bond motifs is 1.